The van der Waals surface area contributed by atoms with Crippen molar-refractivity contribution in [2.45, 2.75) is 30.7 Å². The van der Waals surface area contributed by atoms with Gasteiger partial charge in [-0.05, 0) is 45.8 Å². The summed E-state index contributed by atoms with van der Waals surface area (Å²) in [6.07, 6.45) is -1.56. The number of tetrazole rings is 1. The molecule has 4 heterocycles. The smallest absolute Gasteiger partial charge is 0.453 e. The molecule has 2 unspecified atom stereocenters. The molecule has 0 saturated carbocycles. The number of nitrogens with zero attached hydrogens (tertiary/aromatic N) is 8. The van der Waals surface area contributed by atoms with Crippen LogP contribution in [0.3, 0.4) is 0 Å². The van der Waals surface area contributed by atoms with Crippen LogP contribution in [-0.2, 0) is 12.7 Å². The molecule has 2 saturated heterocycles. The molecule has 288 valence electrons. The SMILES string of the molecule is COc1ccc(-n2nnnc2C(F)(F)F)c(OC)c1CN1CC2CN(C(=O)c3cccnc3)CCN2C(C(c2ccccc2)c2ccccc2)C1.Cl.Cl.Cl. The fourth-order valence-electron chi connectivity index (χ4n) is 7.53. The van der Waals surface area contributed by atoms with Gasteiger partial charge in [-0.15, -0.1) is 42.3 Å². The third kappa shape index (κ3) is 8.58. The largest absolute Gasteiger partial charge is 0.496 e. The lowest BCUT2D eigenvalue weighted by Gasteiger charge is -2.53. The Morgan fingerprint density at radius 3 is 2.13 bits per heavy atom. The van der Waals surface area contributed by atoms with Gasteiger partial charge in [-0.25, -0.2) is 0 Å². The number of halogens is 6. The van der Waals surface area contributed by atoms with Gasteiger partial charge in [-0.1, -0.05) is 60.7 Å². The van der Waals surface area contributed by atoms with E-state index in [-0.39, 0.29) is 79.1 Å². The first-order valence-corrected chi connectivity index (χ1v) is 16.6. The molecule has 2 atom stereocenters. The number of hydrogen-bond donors (Lipinski definition) is 0. The topological polar surface area (TPSA) is 102 Å². The fourth-order valence-corrected chi connectivity index (χ4v) is 7.53. The van der Waals surface area contributed by atoms with Gasteiger partial charge < -0.3 is 14.4 Å². The maximum atomic E-state index is 13.9. The number of fused-ring (bicyclic) bond motifs is 1. The van der Waals surface area contributed by atoms with Crippen LogP contribution in [0.5, 0.6) is 11.5 Å². The van der Waals surface area contributed by atoms with Gasteiger partial charge in [0.25, 0.3) is 11.7 Å². The minimum absolute atomic E-state index is 0. The number of alkyl halides is 3. The van der Waals surface area contributed by atoms with Crippen LogP contribution in [0.15, 0.2) is 97.3 Å². The van der Waals surface area contributed by atoms with Gasteiger partial charge in [0.1, 0.15) is 11.4 Å². The number of piperazine rings is 2. The average molecular weight is 808 g/mol. The number of methoxy groups -OCH3 is 2. The molecule has 54 heavy (non-hydrogen) atoms. The molecule has 2 aromatic heterocycles. The molecule has 0 bridgehead atoms. The van der Waals surface area contributed by atoms with E-state index in [1.165, 1.54) is 31.4 Å². The van der Waals surface area contributed by atoms with E-state index in [4.69, 9.17) is 9.47 Å². The van der Waals surface area contributed by atoms with Crippen LogP contribution >= 0.6 is 37.2 Å². The quantitative estimate of drug-likeness (QED) is 0.172. The van der Waals surface area contributed by atoms with Crippen molar-refractivity contribution in [2.75, 3.05) is 46.9 Å². The number of carbonyl (C=O) groups excluding carboxylic acids is 1. The summed E-state index contributed by atoms with van der Waals surface area (Å²) >= 11 is 0. The lowest BCUT2D eigenvalue weighted by Crippen LogP contribution is -2.67. The van der Waals surface area contributed by atoms with Crippen molar-refractivity contribution < 1.29 is 27.4 Å². The molecule has 5 aromatic rings. The lowest BCUT2D eigenvalue weighted by atomic mass is 9.81. The van der Waals surface area contributed by atoms with Gasteiger partial charge in [0.2, 0.25) is 0 Å². The summed E-state index contributed by atoms with van der Waals surface area (Å²) < 4.78 is 53.9. The van der Waals surface area contributed by atoms with Gasteiger partial charge in [-0.2, -0.15) is 17.9 Å². The number of aromatic nitrogens is 5. The predicted molar refractivity (Wildman–Crippen MR) is 203 cm³/mol. The molecule has 0 spiro atoms. The Kier molecular flexibility index (Phi) is 14.3. The first kappa shape index (κ1) is 42.3. The maximum Gasteiger partial charge on any atom is 0.453 e. The molecule has 0 N–H and O–H groups in total. The van der Waals surface area contributed by atoms with E-state index < -0.39 is 12.0 Å². The third-order valence-electron chi connectivity index (χ3n) is 9.72. The Bertz CT molecular complexity index is 1920. The number of pyridine rings is 1. The molecule has 2 aliphatic rings. The highest BCUT2D eigenvalue weighted by Crippen LogP contribution is 2.40. The van der Waals surface area contributed by atoms with E-state index in [0.717, 1.165) is 0 Å². The summed E-state index contributed by atoms with van der Waals surface area (Å²) in [5.74, 6) is -0.720. The van der Waals surface area contributed by atoms with Gasteiger partial charge in [0, 0.05) is 69.7 Å². The first-order chi connectivity index (χ1) is 24.8. The summed E-state index contributed by atoms with van der Waals surface area (Å²) in [6.45, 7) is 3.22. The molecule has 11 nitrogen and oxygen atoms in total. The molecule has 2 fully saturated rings. The predicted octanol–water partition coefficient (Wildman–Crippen LogP) is 6.20. The number of amides is 1. The molecule has 7 rings (SSSR count). The van der Waals surface area contributed by atoms with Crippen LogP contribution in [0.25, 0.3) is 5.69 Å². The first-order valence-electron chi connectivity index (χ1n) is 16.6. The van der Waals surface area contributed by atoms with E-state index in [1.807, 2.05) is 41.3 Å². The molecule has 2 aliphatic heterocycles. The Hall–Kier alpha value is -4.47. The van der Waals surface area contributed by atoms with Gasteiger partial charge in [0.05, 0.1) is 25.3 Å². The van der Waals surface area contributed by atoms with Gasteiger partial charge >= 0.3 is 6.18 Å². The number of benzene rings is 3. The van der Waals surface area contributed by atoms with E-state index in [0.29, 0.717) is 54.3 Å². The Balaban J connectivity index is 0.00000217. The molecule has 17 heteroatoms. The second kappa shape index (κ2) is 18.2. The minimum Gasteiger partial charge on any atom is -0.496 e. The van der Waals surface area contributed by atoms with Crippen molar-refractivity contribution in [1.29, 1.82) is 0 Å². The number of rotatable bonds is 9. The molecule has 0 aliphatic carbocycles. The average Bonchev–Trinajstić information content (AvgIpc) is 3.67. The number of ether oxygens (including phenoxy) is 2. The highest BCUT2D eigenvalue weighted by Gasteiger charge is 2.44. The summed E-state index contributed by atoms with van der Waals surface area (Å²) in [5.41, 5.74) is 3.47. The van der Waals surface area contributed by atoms with E-state index >= 15 is 0 Å². The zero-order chi connectivity index (χ0) is 35.5. The highest BCUT2D eigenvalue weighted by atomic mass is 35.5. The van der Waals surface area contributed by atoms with Crippen molar-refractivity contribution >= 4 is 43.1 Å². The third-order valence-corrected chi connectivity index (χ3v) is 9.72. The monoisotopic (exact) mass is 806 g/mol. The normalized spacial score (nSPS) is 17.4. The summed E-state index contributed by atoms with van der Waals surface area (Å²) in [6, 6.07) is 27.3. The van der Waals surface area contributed by atoms with E-state index in [9.17, 15) is 18.0 Å². The van der Waals surface area contributed by atoms with Crippen molar-refractivity contribution in [3.8, 4) is 17.2 Å². The molecule has 1 amide bonds. The van der Waals surface area contributed by atoms with Crippen LogP contribution in [0, 0.1) is 0 Å². The zero-order valence-electron chi connectivity index (χ0n) is 29.4. The minimum atomic E-state index is -4.79. The highest BCUT2D eigenvalue weighted by molar-refractivity contribution is 5.94. The van der Waals surface area contributed by atoms with Crippen LogP contribution in [-0.4, -0.2) is 105 Å². The Morgan fingerprint density at radius 1 is 0.852 bits per heavy atom. The van der Waals surface area contributed by atoms with Gasteiger partial charge in [0.15, 0.2) is 5.75 Å². The van der Waals surface area contributed by atoms with E-state index in [2.05, 4.69) is 54.6 Å². The standard InChI is InChI=1S/C37H37F3N8O3.3ClH/c1-50-32-16-15-30(48-36(37(38,39)40)42-43-44-48)34(51-2)29(32)23-45-21-28-22-46(35(49)27-14-9-17-41-20-27)18-19-47(28)31(24-45)33(25-10-5-3-6-11-25)26-12-7-4-8-13-26;;;/h3-17,20,28,31,33H,18-19,21-24H2,1-2H3;3*1H. The van der Waals surface area contributed by atoms with Crippen molar-refractivity contribution in [1.82, 2.24) is 39.9 Å². The zero-order valence-corrected chi connectivity index (χ0v) is 31.8. The number of carbonyl (C=O) groups is 1. The van der Waals surface area contributed by atoms with Crippen molar-refractivity contribution in [3.63, 3.8) is 0 Å². The lowest BCUT2D eigenvalue weighted by molar-refractivity contribution is -0.146. The van der Waals surface area contributed by atoms with Crippen LogP contribution in [0.1, 0.15) is 38.8 Å². The second-order valence-electron chi connectivity index (χ2n) is 12.7. The fraction of sp³-hybridized carbons (Fsp3) is 0.324. The van der Waals surface area contributed by atoms with Crippen LogP contribution in [0.2, 0.25) is 0 Å². The van der Waals surface area contributed by atoms with E-state index in [1.54, 1.807) is 30.6 Å². The molecular weight excluding hydrogens is 768 g/mol. The second-order valence-corrected chi connectivity index (χ2v) is 12.7. The molecular formula is C37H40Cl3F3N8O3. The van der Waals surface area contributed by atoms with Gasteiger partial charge in [-0.3, -0.25) is 19.6 Å². The van der Waals surface area contributed by atoms with Crippen LogP contribution < -0.4 is 9.47 Å². The number of hydrogen-bond acceptors (Lipinski definition) is 9. The Labute approximate surface area is 329 Å². The Morgan fingerprint density at radius 2 is 1.54 bits per heavy atom. The summed E-state index contributed by atoms with van der Waals surface area (Å²) in [7, 11) is 2.92. The van der Waals surface area contributed by atoms with Crippen molar-refractivity contribution in [2.24, 2.45) is 0 Å². The molecule has 0 radical (unpaired) electrons. The molecule has 3 aromatic carbocycles. The maximum absolute atomic E-state index is 13.9. The summed E-state index contributed by atoms with van der Waals surface area (Å²) in [4.78, 5) is 24.5. The van der Waals surface area contributed by atoms with Crippen LogP contribution in [0.4, 0.5) is 13.2 Å². The van der Waals surface area contributed by atoms with Crippen molar-refractivity contribution in [3.05, 3.63) is 125 Å². The summed E-state index contributed by atoms with van der Waals surface area (Å²) in [5, 5.41) is 10.2.